The number of hydrogen-bond acceptors (Lipinski definition) is 2. The number of nitrogens with zero attached hydrogens (tertiary/aromatic N) is 1. The van der Waals surface area contributed by atoms with E-state index >= 15 is 0 Å². The number of anilines is 1. The lowest BCUT2D eigenvalue weighted by Gasteiger charge is -2.12. The van der Waals surface area contributed by atoms with Gasteiger partial charge in [0.15, 0.2) is 0 Å². The molecule has 0 aromatic heterocycles. The van der Waals surface area contributed by atoms with Crippen molar-refractivity contribution >= 4 is 12.0 Å². The number of hydrogen-bond donors (Lipinski definition) is 0. The highest BCUT2D eigenvalue weighted by atomic mass is 16.1. The van der Waals surface area contributed by atoms with Gasteiger partial charge in [-0.3, -0.25) is 4.79 Å². The van der Waals surface area contributed by atoms with Gasteiger partial charge in [0.1, 0.15) is 0 Å². The smallest absolute Gasteiger partial charge is 0.233 e. The Bertz CT molecular complexity index is 587. The predicted molar refractivity (Wildman–Crippen MR) is 73.6 cm³/mol. The summed E-state index contributed by atoms with van der Waals surface area (Å²) in [5.41, 5.74) is 5.69. The molecule has 2 aromatic carbocycles. The minimum Gasteiger partial charge on any atom is -0.374 e. The van der Waals surface area contributed by atoms with Crippen LogP contribution in [0.2, 0.25) is 0 Å². The van der Waals surface area contributed by atoms with E-state index in [0.717, 1.165) is 18.5 Å². The zero-order valence-electron chi connectivity index (χ0n) is 10.3. The van der Waals surface area contributed by atoms with Crippen molar-refractivity contribution in [3.63, 3.8) is 0 Å². The number of likely N-dealkylation sites (N-methyl/N-ethyl adjacent to an activating group) is 1. The van der Waals surface area contributed by atoms with Gasteiger partial charge >= 0.3 is 0 Å². The van der Waals surface area contributed by atoms with Crippen LogP contribution in [0, 0.1) is 0 Å². The molecule has 2 aromatic rings. The Hall–Kier alpha value is -2.09. The first-order valence-electron chi connectivity index (χ1n) is 6.10. The summed E-state index contributed by atoms with van der Waals surface area (Å²) in [5.74, 6) is 0. The fraction of sp³-hybridized carbons (Fsp3) is 0.188. The first-order valence-corrected chi connectivity index (χ1v) is 6.10. The highest BCUT2D eigenvalue weighted by molar-refractivity contribution is 5.78. The normalized spacial score (nSPS) is 13.5. The molecule has 2 nitrogen and oxygen atoms in total. The number of rotatable bonds is 2. The largest absolute Gasteiger partial charge is 0.374 e. The van der Waals surface area contributed by atoms with Gasteiger partial charge in [0.25, 0.3) is 0 Å². The van der Waals surface area contributed by atoms with E-state index in [-0.39, 0.29) is 0 Å². The fourth-order valence-electron chi connectivity index (χ4n) is 2.48. The quantitative estimate of drug-likeness (QED) is 0.799. The minimum atomic E-state index is 0.597. The molecule has 1 radical (unpaired) electrons. The molecule has 0 saturated carbocycles. The second kappa shape index (κ2) is 4.30. The first kappa shape index (κ1) is 11.0. The fourth-order valence-corrected chi connectivity index (χ4v) is 2.48. The maximum atomic E-state index is 10.5. The lowest BCUT2D eigenvalue weighted by molar-refractivity contribution is 0.563. The molecule has 18 heavy (non-hydrogen) atoms. The van der Waals surface area contributed by atoms with Crippen LogP contribution >= 0.6 is 0 Å². The molecule has 0 aliphatic carbocycles. The second-order valence-electron chi connectivity index (χ2n) is 4.69. The van der Waals surface area contributed by atoms with Gasteiger partial charge in [-0.2, -0.15) is 0 Å². The van der Waals surface area contributed by atoms with Gasteiger partial charge < -0.3 is 4.90 Å². The molecule has 0 saturated heterocycles. The van der Waals surface area contributed by atoms with Crippen molar-refractivity contribution in [1.29, 1.82) is 0 Å². The second-order valence-corrected chi connectivity index (χ2v) is 4.69. The molecule has 0 N–H and O–H groups in total. The molecular weight excluding hydrogens is 222 g/mol. The monoisotopic (exact) mass is 236 g/mol. The Morgan fingerprint density at radius 3 is 2.50 bits per heavy atom. The molecule has 1 aliphatic heterocycles. The van der Waals surface area contributed by atoms with Crippen LogP contribution in [-0.4, -0.2) is 19.9 Å². The maximum Gasteiger partial charge on any atom is 0.233 e. The first-order chi connectivity index (χ1) is 8.78. The van der Waals surface area contributed by atoms with Gasteiger partial charge in [-0.05, 0) is 35.2 Å². The molecule has 89 valence electrons. The lowest BCUT2D eigenvalue weighted by atomic mass is 10.0. The van der Waals surface area contributed by atoms with Crippen LogP contribution in [0.3, 0.4) is 0 Å². The number of benzene rings is 2. The van der Waals surface area contributed by atoms with Crippen LogP contribution in [0.5, 0.6) is 0 Å². The van der Waals surface area contributed by atoms with Crippen molar-refractivity contribution in [3.8, 4) is 11.1 Å². The maximum absolute atomic E-state index is 10.5. The summed E-state index contributed by atoms with van der Waals surface area (Å²) in [6.45, 7) is 1.10. The Morgan fingerprint density at radius 1 is 1.06 bits per heavy atom. The van der Waals surface area contributed by atoms with Crippen LogP contribution in [0.15, 0.2) is 42.5 Å². The summed E-state index contributed by atoms with van der Waals surface area (Å²) in [5, 5.41) is 0. The van der Waals surface area contributed by atoms with Gasteiger partial charge in [-0.15, -0.1) is 0 Å². The van der Waals surface area contributed by atoms with E-state index in [4.69, 9.17) is 0 Å². The van der Waals surface area contributed by atoms with Crippen molar-refractivity contribution in [2.45, 2.75) is 6.42 Å². The molecule has 1 heterocycles. The molecule has 0 fully saturated rings. The highest BCUT2D eigenvalue weighted by Crippen LogP contribution is 2.31. The third-order valence-corrected chi connectivity index (χ3v) is 3.54. The van der Waals surface area contributed by atoms with E-state index in [2.05, 4.69) is 30.1 Å². The highest BCUT2D eigenvalue weighted by Gasteiger charge is 2.15. The summed E-state index contributed by atoms with van der Waals surface area (Å²) < 4.78 is 0. The standard InChI is InChI=1S/C16H14NO/c1-17-9-8-15-10-14(6-7-16(15)17)13-4-2-12(11-18)3-5-13/h2-7,10H,8-9H2,1H3. The minimum absolute atomic E-state index is 0.597. The predicted octanol–water partition coefficient (Wildman–Crippen LogP) is 2.80. The third kappa shape index (κ3) is 1.80. The van der Waals surface area contributed by atoms with Crippen molar-refractivity contribution in [1.82, 2.24) is 0 Å². The van der Waals surface area contributed by atoms with Crippen molar-refractivity contribution in [2.24, 2.45) is 0 Å². The molecule has 0 amide bonds. The van der Waals surface area contributed by atoms with Crippen molar-refractivity contribution in [3.05, 3.63) is 53.6 Å². The van der Waals surface area contributed by atoms with E-state index in [1.165, 1.54) is 16.8 Å². The van der Waals surface area contributed by atoms with Crippen LogP contribution in [-0.2, 0) is 11.2 Å². The van der Waals surface area contributed by atoms with E-state index in [1.807, 2.05) is 30.6 Å². The molecule has 2 heteroatoms. The van der Waals surface area contributed by atoms with Gasteiger partial charge in [0.2, 0.25) is 6.29 Å². The van der Waals surface area contributed by atoms with Crippen molar-refractivity contribution in [2.75, 3.05) is 18.5 Å². The SMILES string of the molecule is CN1CCc2cc(-c3ccc([C]=O)cc3)ccc21. The van der Waals surface area contributed by atoms with Gasteiger partial charge in [-0.1, -0.05) is 30.3 Å². The molecule has 1 aliphatic rings. The van der Waals surface area contributed by atoms with Crippen LogP contribution in [0.1, 0.15) is 11.1 Å². The number of carbonyl (C=O) groups excluding carboxylic acids is 1. The van der Waals surface area contributed by atoms with E-state index < -0.39 is 0 Å². The van der Waals surface area contributed by atoms with Gasteiger partial charge in [0.05, 0.1) is 0 Å². The average molecular weight is 236 g/mol. The van der Waals surface area contributed by atoms with E-state index in [9.17, 15) is 4.79 Å². The Balaban J connectivity index is 1.99. The van der Waals surface area contributed by atoms with E-state index in [0.29, 0.717) is 5.56 Å². The molecule has 0 atom stereocenters. The van der Waals surface area contributed by atoms with Gasteiger partial charge in [0, 0.05) is 24.8 Å². The van der Waals surface area contributed by atoms with Gasteiger partial charge in [-0.25, -0.2) is 0 Å². The van der Waals surface area contributed by atoms with Crippen molar-refractivity contribution < 1.29 is 4.79 Å². The Labute approximate surface area is 107 Å². The third-order valence-electron chi connectivity index (χ3n) is 3.54. The molecule has 0 unspecified atom stereocenters. The molecule has 0 spiro atoms. The summed E-state index contributed by atoms with van der Waals surface area (Å²) in [6, 6.07) is 14.1. The summed E-state index contributed by atoms with van der Waals surface area (Å²) in [4.78, 5) is 12.8. The summed E-state index contributed by atoms with van der Waals surface area (Å²) >= 11 is 0. The zero-order valence-corrected chi connectivity index (χ0v) is 10.3. The molecule has 3 rings (SSSR count). The zero-order chi connectivity index (χ0) is 12.5. The summed E-state index contributed by atoms with van der Waals surface area (Å²) in [6.07, 6.45) is 3.01. The molecular formula is C16H14NO. The Kier molecular flexibility index (Phi) is 2.63. The van der Waals surface area contributed by atoms with Crippen LogP contribution in [0.4, 0.5) is 5.69 Å². The average Bonchev–Trinajstić information content (AvgIpc) is 2.80. The van der Waals surface area contributed by atoms with E-state index in [1.54, 1.807) is 0 Å². The Morgan fingerprint density at radius 2 is 1.78 bits per heavy atom. The lowest BCUT2D eigenvalue weighted by Crippen LogP contribution is -2.12. The topological polar surface area (TPSA) is 20.3 Å². The number of fused-ring (bicyclic) bond motifs is 1. The summed E-state index contributed by atoms with van der Waals surface area (Å²) in [7, 11) is 2.13. The van der Waals surface area contributed by atoms with Crippen LogP contribution in [0.25, 0.3) is 11.1 Å². The molecule has 0 bridgehead atoms. The van der Waals surface area contributed by atoms with Crippen LogP contribution < -0.4 is 4.90 Å².